The Morgan fingerprint density at radius 1 is 1.32 bits per heavy atom. The Morgan fingerprint density at radius 3 is 3.04 bits per heavy atom. The minimum atomic E-state index is -0.247. The fraction of sp³-hybridized carbons (Fsp3) is 0.263. The zero-order chi connectivity index (χ0) is 17.2. The summed E-state index contributed by atoms with van der Waals surface area (Å²) < 4.78 is 18.7. The van der Waals surface area contributed by atoms with Crippen molar-refractivity contribution in [1.29, 1.82) is 0 Å². The highest BCUT2D eigenvalue weighted by molar-refractivity contribution is 5.93. The summed E-state index contributed by atoms with van der Waals surface area (Å²) in [4.78, 5) is 14.7. The van der Waals surface area contributed by atoms with E-state index in [1.54, 1.807) is 24.5 Å². The van der Waals surface area contributed by atoms with Crippen molar-refractivity contribution < 1.29 is 13.6 Å². The monoisotopic (exact) mass is 339 g/mol. The maximum atomic E-state index is 13.4. The molecule has 1 aliphatic rings. The Bertz CT molecular complexity index is 872. The normalized spacial score (nSPS) is 17.2. The molecule has 5 nitrogen and oxygen atoms in total. The molecule has 6 heteroatoms. The number of H-pyrrole nitrogens is 1. The first kappa shape index (κ1) is 15.6. The van der Waals surface area contributed by atoms with Gasteiger partial charge in [0, 0.05) is 18.7 Å². The van der Waals surface area contributed by atoms with E-state index < -0.39 is 0 Å². The Balaban J connectivity index is 1.51. The molecule has 0 bridgehead atoms. The molecule has 1 amide bonds. The molecule has 0 aliphatic carbocycles. The van der Waals surface area contributed by atoms with Gasteiger partial charge in [0.1, 0.15) is 11.5 Å². The van der Waals surface area contributed by atoms with Crippen molar-refractivity contribution in [3.63, 3.8) is 0 Å². The number of likely N-dealkylation sites (tertiary alicyclic amines) is 1. The van der Waals surface area contributed by atoms with Crippen LogP contribution in [0.15, 0.2) is 53.1 Å². The largest absolute Gasteiger partial charge is 0.463 e. The Hall–Kier alpha value is -2.89. The molecule has 1 saturated heterocycles. The van der Waals surface area contributed by atoms with Crippen molar-refractivity contribution in [3.05, 3.63) is 65.8 Å². The van der Waals surface area contributed by atoms with E-state index in [1.165, 1.54) is 12.1 Å². The number of aromatic nitrogens is 2. The number of benzene rings is 1. The molecule has 1 atom stereocenters. The number of furan rings is 1. The minimum absolute atomic E-state index is 0.0677. The molecule has 1 aromatic carbocycles. The second-order valence-electron chi connectivity index (χ2n) is 6.27. The van der Waals surface area contributed by atoms with Crippen LogP contribution in [0, 0.1) is 5.82 Å². The topological polar surface area (TPSA) is 62.1 Å². The number of carbonyl (C=O) groups is 1. The average molecular weight is 339 g/mol. The van der Waals surface area contributed by atoms with Crippen LogP contribution in [0.4, 0.5) is 4.39 Å². The van der Waals surface area contributed by atoms with Gasteiger partial charge in [-0.05, 0) is 49.1 Å². The van der Waals surface area contributed by atoms with Crippen molar-refractivity contribution in [2.24, 2.45) is 0 Å². The van der Waals surface area contributed by atoms with Crippen LogP contribution >= 0.6 is 0 Å². The quantitative estimate of drug-likeness (QED) is 0.789. The highest BCUT2D eigenvalue weighted by Gasteiger charge is 2.31. The van der Waals surface area contributed by atoms with Crippen molar-refractivity contribution in [2.45, 2.75) is 25.3 Å². The van der Waals surface area contributed by atoms with Crippen LogP contribution in [-0.2, 0) is 6.42 Å². The summed E-state index contributed by atoms with van der Waals surface area (Å²) in [6, 6.07) is 11.9. The van der Waals surface area contributed by atoms with Crippen LogP contribution in [0.1, 0.15) is 28.9 Å². The van der Waals surface area contributed by atoms with Crippen LogP contribution in [0.3, 0.4) is 0 Å². The first-order valence-electron chi connectivity index (χ1n) is 8.35. The van der Waals surface area contributed by atoms with Crippen LogP contribution in [0.5, 0.6) is 0 Å². The van der Waals surface area contributed by atoms with Gasteiger partial charge in [-0.1, -0.05) is 12.1 Å². The molecule has 3 aromatic rings. The Kier molecular flexibility index (Phi) is 4.09. The lowest BCUT2D eigenvalue weighted by Gasteiger charge is -2.24. The predicted molar refractivity (Wildman–Crippen MR) is 90.5 cm³/mol. The molecule has 128 valence electrons. The van der Waals surface area contributed by atoms with Crippen LogP contribution in [0.25, 0.3) is 11.5 Å². The number of carbonyl (C=O) groups excluding carboxylic acids is 1. The first-order chi connectivity index (χ1) is 12.2. The molecule has 0 saturated carbocycles. The second kappa shape index (κ2) is 6.55. The molecule has 1 fully saturated rings. The van der Waals surface area contributed by atoms with Crippen molar-refractivity contribution in [2.75, 3.05) is 6.54 Å². The van der Waals surface area contributed by atoms with Crippen molar-refractivity contribution >= 4 is 5.91 Å². The van der Waals surface area contributed by atoms with Crippen LogP contribution in [-0.4, -0.2) is 33.6 Å². The standard InChI is InChI=1S/C19H18FN3O2/c20-14-5-1-4-13(10-14)11-15-6-2-8-23(15)19(24)17-12-16(21-22-17)18-7-3-9-25-18/h1,3-5,7,9-10,12,15H,2,6,8,11H2,(H,21,22). The van der Waals surface area contributed by atoms with Gasteiger partial charge in [0.2, 0.25) is 0 Å². The van der Waals surface area contributed by atoms with Gasteiger partial charge in [-0.2, -0.15) is 5.10 Å². The number of amides is 1. The van der Waals surface area contributed by atoms with Crippen LogP contribution in [0.2, 0.25) is 0 Å². The molecule has 0 spiro atoms. The fourth-order valence-corrected chi connectivity index (χ4v) is 3.39. The van der Waals surface area contributed by atoms with E-state index in [0.29, 0.717) is 30.1 Å². The van der Waals surface area contributed by atoms with Gasteiger partial charge in [0.05, 0.1) is 6.26 Å². The van der Waals surface area contributed by atoms with E-state index in [9.17, 15) is 9.18 Å². The molecule has 25 heavy (non-hydrogen) atoms. The highest BCUT2D eigenvalue weighted by Crippen LogP contribution is 2.25. The van der Waals surface area contributed by atoms with E-state index in [2.05, 4.69) is 10.2 Å². The third-order valence-electron chi connectivity index (χ3n) is 4.58. The third kappa shape index (κ3) is 3.20. The van der Waals surface area contributed by atoms with Gasteiger partial charge in [0.15, 0.2) is 11.5 Å². The number of hydrogen-bond acceptors (Lipinski definition) is 3. The van der Waals surface area contributed by atoms with Crippen LogP contribution < -0.4 is 0 Å². The van der Waals surface area contributed by atoms with Crippen molar-refractivity contribution in [3.8, 4) is 11.5 Å². The smallest absolute Gasteiger partial charge is 0.274 e. The summed E-state index contributed by atoms with van der Waals surface area (Å²) in [5.74, 6) is 0.293. The van der Waals surface area contributed by atoms with Gasteiger partial charge in [-0.25, -0.2) is 4.39 Å². The number of aromatic amines is 1. The summed E-state index contributed by atoms with van der Waals surface area (Å²) in [5.41, 5.74) is 1.95. The summed E-state index contributed by atoms with van der Waals surface area (Å²) in [5, 5.41) is 6.98. The van der Waals surface area contributed by atoms with Gasteiger partial charge in [-0.15, -0.1) is 0 Å². The molecule has 1 unspecified atom stereocenters. The lowest BCUT2D eigenvalue weighted by Crippen LogP contribution is -2.37. The van der Waals surface area contributed by atoms with E-state index in [-0.39, 0.29) is 17.8 Å². The zero-order valence-electron chi connectivity index (χ0n) is 13.6. The minimum Gasteiger partial charge on any atom is -0.463 e. The second-order valence-corrected chi connectivity index (χ2v) is 6.27. The molecule has 4 rings (SSSR count). The van der Waals surface area contributed by atoms with Gasteiger partial charge in [-0.3, -0.25) is 9.89 Å². The zero-order valence-corrected chi connectivity index (χ0v) is 13.6. The number of rotatable bonds is 4. The summed E-state index contributed by atoms with van der Waals surface area (Å²) in [7, 11) is 0. The van der Waals surface area contributed by atoms with Gasteiger partial charge in [0.25, 0.3) is 5.91 Å². The summed E-state index contributed by atoms with van der Waals surface area (Å²) in [6.45, 7) is 0.696. The summed E-state index contributed by atoms with van der Waals surface area (Å²) in [6.07, 6.45) is 4.09. The predicted octanol–water partition coefficient (Wildman–Crippen LogP) is 3.66. The molecule has 2 aromatic heterocycles. The van der Waals surface area contributed by atoms with E-state index in [1.807, 2.05) is 17.0 Å². The molecule has 0 radical (unpaired) electrons. The maximum Gasteiger partial charge on any atom is 0.274 e. The first-order valence-corrected chi connectivity index (χ1v) is 8.35. The number of nitrogens with zero attached hydrogens (tertiary/aromatic N) is 2. The molecule has 1 aliphatic heterocycles. The van der Waals surface area contributed by atoms with E-state index in [0.717, 1.165) is 18.4 Å². The summed E-state index contributed by atoms with van der Waals surface area (Å²) >= 11 is 0. The lowest BCUT2D eigenvalue weighted by atomic mass is 10.0. The Labute approximate surface area is 144 Å². The van der Waals surface area contributed by atoms with Gasteiger partial charge < -0.3 is 9.32 Å². The molecular weight excluding hydrogens is 321 g/mol. The number of nitrogens with one attached hydrogen (secondary N) is 1. The van der Waals surface area contributed by atoms with E-state index in [4.69, 9.17) is 4.42 Å². The Morgan fingerprint density at radius 2 is 2.24 bits per heavy atom. The fourth-order valence-electron chi connectivity index (χ4n) is 3.39. The highest BCUT2D eigenvalue weighted by atomic mass is 19.1. The van der Waals surface area contributed by atoms with Crippen molar-refractivity contribution in [1.82, 2.24) is 15.1 Å². The van der Waals surface area contributed by atoms with Gasteiger partial charge >= 0.3 is 0 Å². The van der Waals surface area contributed by atoms with E-state index >= 15 is 0 Å². The number of hydrogen-bond donors (Lipinski definition) is 1. The third-order valence-corrected chi connectivity index (χ3v) is 4.58. The maximum absolute atomic E-state index is 13.4. The molecular formula is C19H18FN3O2. The SMILES string of the molecule is O=C(c1cc(-c2ccco2)[nH]n1)N1CCCC1Cc1cccc(F)c1. The molecule has 3 heterocycles. The average Bonchev–Trinajstić information content (AvgIpc) is 3.35. The lowest BCUT2D eigenvalue weighted by molar-refractivity contribution is 0.0730. The molecule has 1 N–H and O–H groups in total. The number of halogens is 1.